The fourth-order valence-electron chi connectivity index (χ4n) is 3.31. The van der Waals surface area contributed by atoms with Crippen molar-refractivity contribution in [3.63, 3.8) is 0 Å². The van der Waals surface area contributed by atoms with Gasteiger partial charge >= 0.3 is 0 Å². The Bertz CT molecular complexity index is 1010. The molecule has 0 fully saturated rings. The van der Waals surface area contributed by atoms with E-state index in [0.717, 1.165) is 16.0 Å². The molecular formula is C22H19N3O2S. The molecule has 0 radical (unpaired) electrons. The van der Waals surface area contributed by atoms with Crippen LogP contribution >= 0.6 is 11.3 Å². The minimum atomic E-state index is -0.268. The number of hydrogen-bond acceptors (Lipinski definition) is 5. The third-order valence-electron chi connectivity index (χ3n) is 4.62. The van der Waals surface area contributed by atoms with Gasteiger partial charge in [-0.3, -0.25) is 19.5 Å². The standard InChI is InChI=1S/C22H19N3O2S/c1-24(14-16-7-3-2-4-8-16)20-19(18-10-6-12-28-18)21(26)25(22(20)27)15-17-9-5-11-23-13-17/h2-13H,14-15H2,1H3. The van der Waals surface area contributed by atoms with Crippen molar-refractivity contribution in [2.24, 2.45) is 0 Å². The number of benzene rings is 1. The normalized spacial score (nSPS) is 14.1. The fourth-order valence-corrected chi connectivity index (χ4v) is 4.08. The Hall–Kier alpha value is -3.25. The van der Waals surface area contributed by atoms with Gasteiger partial charge in [0, 0.05) is 30.9 Å². The zero-order valence-electron chi connectivity index (χ0n) is 15.4. The summed E-state index contributed by atoms with van der Waals surface area (Å²) in [7, 11) is 1.86. The molecule has 0 bridgehead atoms. The third-order valence-corrected chi connectivity index (χ3v) is 5.51. The van der Waals surface area contributed by atoms with Crippen molar-refractivity contribution in [1.29, 1.82) is 0 Å². The maximum absolute atomic E-state index is 13.2. The number of thiophene rings is 1. The average molecular weight is 389 g/mol. The quantitative estimate of drug-likeness (QED) is 0.605. The van der Waals surface area contributed by atoms with E-state index in [1.807, 2.05) is 65.9 Å². The van der Waals surface area contributed by atoms with Crippen LogP contribution in [0.25, 0.3) is 5.57 Å². The number of pyridine rings is 1. The number of rotatable bonds is 6. The molecule has 0 spiro atoms. The molecule has 0 saturated carbocycles. The molecule has 28 heavy (non-hydrogen) atoms. The zero-order valence-corrected chi connectivity index (χ0v) is 16.2. The highest BCUT2D eigenvalue weighted by molar-refractivity contribution is 7.11. The molecule has 140 valence electrons. The maximum atomic E-state index is 13.2. The molecule has 1 aliphatic heterocycles. The molecule has 0 N–H and O–H groups in total. The maximum Gasteiger partial charge on any atom is 0.278 e. The predicted octanol–water partition coefficient (Wildman–Crippen LogP) is 3.56. The summed E-state index contributed by atoms with van der Waals surface area (Å²) >= 11 is 1.47. The average Bonchev–Trinajstić information content (AvgIpc) is 3.32. The van der Waals surface area contributed by atoms with Crippen molar-refractivity contribution >= 4 is 28.7 Å². The number of amides is 2. The van der Waals surface area contributed by atoms with E-state index >= 15 is 0 Å². The lowest BCUT2D eigenvalue weighted by atomic mass is 10.1. The van der Waals surface area contributed by atoms with Gasteiger partial charge in [-0.2, -0.15) is 0 Å². The molecular weight excluding hydrogens is 370 g/mol. The first-order valence-electron chi connectivity index (χ1n) is 8.93. The van der Waals surface area contributed by atoms with Crippen LogP contribution in [0.3, 0.4) is 0 Å². The molecule has 0 atom stereocenters. The van der Waals surface area contributed by atoms with Crippen molar-refractivity contribution in [2.75, 3.05) is 7.05 Å². The smallest absolute Gasteiger partial charge is 0.278 e. The molecule has 2 amide bonds. The highest BCUT2D eigenvalue weighted by Crippen LogP contribution is 2.34. The molecule has 3 aromatic rings. The van der Waals surface area contributed by atoms with E-state index in [2.05, 4.69) is 4.98 Å². The number of nitrogens with zero attached hydrogens (tertiary/aromatic N) is 3. The lowest BCUT2D eigenvalue weighted by Crippen LogP contribution is -2.33. The zero-order chi connectivity index (χ0) is 19.5. The summed E-state index contributed by atoms with van der Waals surface area (Å²) in [5, 5.41) is 1.92. The van der Waals surface area contributed by atoms with E-state index in [4.69, 9.17) is 0 Å². The van der Waals surface area contributed by atoms with Crippen LogP contribution < -0.4 is 0 Å². The summed E-state index contributed by atoms with van der Waals surface area (Å²) in [5.74, 6) is -0.526. The summed E-state index contributed by atoms with van der Waals surface area (Å²) < 4.78 is 0. The predicted molar refractivity (Wildman–Crippen MR) is 109 cm³/mol. The van der Waals surface area contributed by atoms with Crippen LogP contribution in [0.15, 0.2) is 78.1 Å². The van der Waals surface area contributed by atoms with Crippen LogP contribution in [0.1, 0.15) is 16.0 Å². The van der Waals surface area contributed by atoms with Crippen LogP contribution in [-0.4, -0.2) is 33.6 Å². The van der Waals surface area contributed by atoms with Gasteiger partial charge in [0.1, 0.15) is 5.70 Å². The van der Waals surface area contributed by atoms with Gasteiger partial charge in [0.15, 0.2) is 0 Å². The first-order valence-corrected chi connectivity index (χ1v) is 9.81. The Morgan fingerprint density at radius 1 is 0.964 bits per heavy atom. The molecule has 0 unspecified atom stereocenters. The fraction of sp³-hybridized carbons (Fsp3) is 0.136. The Balaban J connectivity index is 1.69. The topological polar surface area (TPSA) is 53.5 Å². The number of imide groups is 1. The lowest BCUT2D eigenvalue weighted by Gasteiger charge is -2.21. The van der Waals surface area contributed by atoms with Gasteiger partial charge in [-0.25, -0.2) is 0 Å². The molecule has 0 saturated heterocycles. The number of carbonyl (C=O) groups excluding carboxylic acids is 2. The summed E-state index contributed by atoms with van der Waals surface area (Å²) in [4.78, 5) is 34.5. The van der Waals surface area contributed by atoms with Gasteiger partial charge in [-0.1, -0.05) is 42.5 Å². The first kappa shape index (κ1) is 18.1. The SMILES string of the molecule is CN(Cc1ccccc1)C1=C(c2cccs2)C(=O)N(Cc2cccnc2)C1=O. The second-order valence-corrected chi connectivity index (χ2v) is 7.55. The van der Waals surface area contributed by atoms with Gasteiger partial charge in [-0.15, -0.1) is 11.3 Å². The van der Waals surface area contributed by atoms with Crippen LogP contribution in [0.4, 0.5) is 0 Å². The molecule has 3 heterocycles. The molecule has 1 aromatic carbocycles. The van der Waals surface area contributed by atoms with Gasteiger partial charge < -0.3 is 4.90 Å². The summed E-state index contributed by atoms with van der Waals surface area (Å²) in [6.07, 6.45) is 3.35. The number of aromatic nitrogens is 1. The van der Waals surface area contributed by atoms with E-state index in [1.54, 1.807) is 18.5 Å². The van der Waals surface area contributed by atoms with E-state index < -0.39 is 0 Å². The van der Waals surface area contributed by atoms with Gasteiger partial charge in [0.2, 0.25) is 0 Å². The summed E-state index contributed by atoms with van der Waals surface area (Å²) in [6.45, 7) is 0.758. The number of carbonyl (C=O) groups is 2. The second kappa shape index (κ2) is 7.78. The van der Waals surface area contributed by atoms with Crippen LogP contribution in [0.2, 0.25) is 0 Å². The van der Waals surface area contributed by atoms with Crippen molar-refractivity contribution in [3.05, 3.63) is 94.1 Å². The Kier molecular flexibility index (Phi) is 5.04. The van der Waals surface area contributed by atoms with E-state index in [0.29, 0.717) is 17.8 Å². The summed E-state index contributed by atoms with van der Waals surface area (Å²) in [6, 6.07) is 17.4. The lowest BCUT2D eigenvalue weighted by molar-refractivity contribution is -0.138. The van der Waals surface area contributed by atoms with Crippen molar-refractivity contribution < 1.29 is 9.59 Å². The van der Waals surface area contributed by atoms with Crippen molar-refractivity contribution in [1.82, 2.24) is 14.8 Å². The minimum Gasteiger partial charge on any atom is -0.365 e. The molecule has 5 nitrogen and oxygen atoms in total. The van der Waals surface area contributed by atoms with Crippen molar-refractivity contribution in [2.45, 2.75) is 13.1 Å². The van der Waals surface area contributed by atoms with Crippen LogP contribution in [0.5, 0.6) is 0 Å². The Labute approximate surface area is 167 Å². The number of likely N-dealkylation sites (N-methyl/N-ethyl adjacent to an activating group) is 1. The summed E-state index contributed by atoms with van der Waals surface area (Å²) in [5.41, 5.74) is 2.82. The van der Waals surface area contributed by atoms with Crippen LogP contribution in [-0.2, 0) is 22.7 Å². The Morgan fingerprint density at radius 2 is 1.75 bits per heavy atom. The van der Waals surface area contributed by atoms with E-state index in [-0.39, 0.29) is 18.4 Å². The van der Waals surface area contributed by atoms with E-state index in [1.165, 1.54) is 16.2 Å². The molecule has 2 aromatic heterocycles. The second-order valence-electron chi connectivity index (χ2n) is 6.60. The third kappa shape index (κ3) is 3.46. The first-order chi connectivity index (χ1) is 13.6. The highest BCUT2D eigenvalue weighted by atomic mass is 32.1. The van der Waals surface area contributed by atoms with E-state index in [9.17, 15) is 9.59 Å². The molecule has 1 aliphatic rings. The van der Waals surface area contributed by atoms with Gasteiger partial charge in [0.05, 0.1) is 12.1 Å². The molecule has 6 heteroatoms. The largest absolute Gasteiger partial charge is 0.365 e. The van der Waals surface area contributed by atoms with Crippen molar-refractivity contribution in [3.8, 4) is 0 Å². The molecule has 4 rings (SSSR count). The highest BCUT2D eigenvalue weighted by Gasteiger charge is 2.41. The Morgan fingerprint density at radius 3 is 2.43 bits per heavy atom. The molecule has 0 aliphatic carbocycles. The monoisotopic (exact) mass is 389 g/mol. The number of hydrogen-bond donors (Lipinski definition) is 0. The minimum absolute atomic E-state index is 0.211. The van der Waals surface area contributed by atoms with Gasteiger partial charge in [0.25, 0.3) is 11.8 Å². The van der Waals surface area contributed by atoms with Crippen LogP contribution in [0, 0.1) is 0 Å². The van der Waals surface area contributed by atoms with Gasteiger partial charge in [-0.05, 0) is 28.6 Å².